The Morgan fingerprint density at radius 1 is 0.783 bits per heavy atom. The zero-order chi connectivity index (χ0) is 31.8. The molecule has 8 unspecified atom stereocenters. The molecule has 46 heavy (non-hydrogen) atoms. The number of likely N-dealkylation sites (tertiary alicyclic amines) is 1. The van der Waals surface area contributed by atoms with Crippen LogP contribution in [-0.2, 0) is 0 Å². The Kier molecular flexibility index (Phi) is 7.36. The first-order valence-electron chi connectivity index (χ1n) is 18.4. The molecule has 1 saturated heterocycles. The number of carbonyl (C=O) groups excluding carboxylic acids is 1. The zero-order valence-corrected chi connectivity index (χ0v) is 28.0. The molecule has 0 aromatic heterocycles. The van der Waals surface area contributed by atoms with Gasteiger partial charge in [0.15, 0.2) is 5.78 Å². The number of fused-ring (bicyclic) bond motifs is 1. The van der Waals surface area contributed by atoms with E-state index >= 15 is 0 Å². The lowest BCUT2D eigenvalue weighted by molar-refractivity contribution is -0.176. The van der Waals surface area contributed by atoms with E-state index in [1.165, 1.54) is 32.1 Å². The number of ketones is 1. The van der Waals surface area contributed by atoms with Crippen molar-refractivity contribution in [2.45, 2.75) is 103 Å². The predicted molar refractivity (Wildman–Crippen MR) is 184 cm³/mol. The maximum absolute atomic E-state index is 15.0. The number of carbonyl (C=O) groups is 1. The molecule has 9 rings (SSSR count). The van der Waals surface area contributed by atoms with Gasteiger partial charge in [-0.15, -0.1) is 0 Å². The highest BCUT2D eigenvalue weighted by atomic mass is 16.3. The normalized spacial score (nSPS) is 41.9. The largest absolute Gasteiger partial charge is 0.393 e. The quantitative estimate of drug-likeness (QED) is 0.261. The number of rotatable bonds is 5. The monoisotopic (exact) mass is 619 g/mol. The minimum atomic E-state index is -0.758. The lowest BCUT2D eigenvalue weighted by atomic mass is 9.32. The van der Waals surface area contributed by atoms with Gasteiger partial charge in [-0.2, -0.15) is 0 Å². The number of hydrogen-bond donors (Lipinski definition) is 2. The van der Waals surface area contributed by atoms with E-state index < -0.39 is 11.0 Å². The van der Waals surface area contributed by atoms with Gasteiger partial charge in [0.2, 0.25) is 0 Å². The summed E-state index contributed by atoms with van der Waals surface area (Å²) in [7, 11) is 0. The van der Waals surface area contributed by atoms with Gasteiger partial charge in [0.1, 0.15) is 0 Å². The van der Waals surface area contributed by atoms with Crippen LogP contribution in [0.15, 0.2) is 78.4 Å². The van der Waals surface area contributed by atoms with E-state index in [2.05, 4.69) is 73.4 Å². The Morgan fingerprint density at radius 2 is 1.41 bits per heavy atom. The van der Waals surface area contributed by atoms with Crippen molar-refractivity contribution in [3.8, 4) is 11.1 Å². The van der Waals surface area contributed by atoms with E-state index in [1.807, 2.05) is 18.2 Å². The summed E-state index contributed by atoms with van der Waals surface area (Å²) in [5, 5.41) is 23.8. The highest BCUT2D eigenvalue weighted by Crippen LogP contribution is 2.78. The molecule has 6 aliphatic carbocycles. The van der Waals surface area contributed by atoms with E-state index in [-0.39, 0.29) is 34.1 Å². The molecular formula is C42H53NO3. The van der Waals surface area contributed by atoms with Crippen molar-refractivity contribution in [3.63, 3.8) is 0 Å². The van der Waals surface area contributed by atoms with Gasteiger partial charge < -0.3 is 15.1 Å². The van der Waals surface area contributed by atoms with Gasteiger partial charge in [-0.1, -0.05) is 106 Å². The number of hydrogen-bond acceptors (Lipinski definition) is 4. The second-order valence-electron chi connectivity index (χ2n) is 16.6. The SMILES string of the molecule is CC12CCC(O)CC13C=CC1(C(C(=O)c4ccc(-c5ccccc5)cc4)=C3)C2CCC2(C)C1CCC2(O)CN1CCCCCCC1. The van der Waals surface area contributed by atoms with Crippen LogP contribution in [0.5, 0.6) is 0 Å². The molecular weight excluding hydrogens is 566 g/mol. The third kappa shape index (κ3) is 4.31. The summed E-state index contributed by atoms with van der Waals surface area (Å²) < 4.78 is 0. The molecule has 2 bridgehead atoms. The Bertz CT molecular complexity index is 1540. The van der Waals surface area contributed by atoms with Gasteiger partial charge in [0.05, 0.1) is 11.7 Å². The van der Waals surface area contributed by atoms with Gasteiger partial charge in [-0.25, -0.2) is 0 Å². The first-order valence-corrected chi connectivity index (χ1v) is 18.4. The topological polar surface area (TPSA) is 60.8 Å². The summed E-state index contributed by atoms with van der Waals surface area (Å²) in [4.78, 5) is 17.5. The summed E-state index contributed by atoms with van der Waals surface area (Å²) in [6.45, 7) is 7.78. The van der Waals surface area contributed by atoms with Crippen molar-refractivity contribution in [1.29, 1.82) is 0 Å². The Labute approximate surface area is 276 Å². The second kappa shape index (κ2) is 11.0. The summed E-state index contributed by atoms with van der Waals surface area (Å²) in [6, 6.07) is 18.6. The van der Waals surface area contributed by atoms with Crippen LogP contribution in [0.3, 0.4) is 0 Å². The number of benzene rings is 2. The number of aliphatic hydroxyl groups excluding tert-OH is 1. The van der Waals surface area contributed by atoms with Crippen LogP contribution in [0.2, 0.25) is 0 Å². The maximum atomic E-state index is 15.0. The van der Waals surface area contributed by atoms with Crippen LogP contribution in [-0.4, -0.2) is 52.2 Å². The lowest BCUT2D eigenvalue weighted by Gasteiger charge is -2.71. The van der Waals surface area contributed by atoms with Crippen LogP contribution < -0.4 is 0 Å². The lowest BCUT2D eigenvalue weighted by Crippen LogP contribution is -2.67. The molecule has 244 valence electrons. The maximum Gasteiger partial charge on any atom is 0.189 e. The Morgan fingerprint density at radius 3 is 2.15 bits per heavy atom. The molecule has 2 aromatic rings. The third-order valence-electron chi connectivity index (χ3n) is 14.6. The van der Waals surface area contributed by atoms with Crippen molar-refractivity contribution in [1.82, 2.24) is 4.90 Å². The van der Waals surface area contributed by atoms with E-state index in [0.717, 1.165) is 80.4 Å². The molecule has 2 N–H and O–H groups in total. The van der Waals surface area contributed by atoms with E-state index in [9.17, 15) is 15.0 Å². The van der Waals surface area contributed by atoms with Crippen molar-refractivity contribution in [2.75, 3.05) is 19.6 Å². The van der Waals surface area contributed by atoms with Crippen molar-refractivity contribution in [3.05, 3.63) is 84.0 Å². The average molecular weight is 620 g/mol. The van der Waals surface area contributed by atoms with E-state index in [4.69, 9.17) is 0 Å². The molecule has 7 aliphatic rings. The second-order valence-corrected chi connectivity index (χ2v) is 16.6. The van der Waals surface area contributed by atoms with Crippen LogP contribution in [0.1, 0.15) is 101 Å². The standard InChI is InChI=1S/C42H53NO3/c1-38-20-17-33(44)27-40(38)23-24-42(34(28-40)37(45)32-15-13-31(14-16-32)30-11-7-6-8-12-30)35(38)18-21-39(2)36(42)19-22-41(39,46)29-43-25-9-4-3-5-10-26-43/h6-8,11-16,23-24,28,33,35-36,44,46H,3-5,9-10,17-22,25-27,29H2,1-2H3. The molecule has 0 amide bonds. The average Bonchev–Trinajstić information content (AvgIpc) is 3.32. The smallest absolute Gasteiger partial charge is 0.189 e. The molecule has 4 heteroatoms. The van der Waals surface area contributed by atoms with Crippen LogP contribution in [0, 0.1) is 33.5 Å². The first-order chi connectivity index (χ1) is 22.1. The van der Waals surface area contributed by atoms with Crippen molar-refractivity contribution < 1.29 is 15.0 Å². The molecule has 8 atom stereocenters. The van der Waals surface area contributed by atoms with Crippen LogP contribution in [0.25, 0.3) is 11.1 Å². The van der Waals surface area contributed by atoms with Crippen LogP contribution >= 0.6 is 0 Å². The number of β-amino-alcohol motifs (C(OH)–C–C–N with tert-alkyl or cyclic N) is 1. The predicted octanol–water partition coefficient (Wildman–Crippen LogP) is 8.39. The Balaban J connectivity index is 1.20. The first kappa shape index (κ1) is 30.8. The summed E-state index contributed by atoms with van der Waals surface area (Å²) >= 11 is 0. The highest BCUT2D eigenvalue weighted by molar-refractivity contribution is 6.10. The number of aliphatic hydroxyl groups is 2. The zero-order valence-electron chi connectivity index (χ0n) is 28.0. The van der Waals surface area contributed by atoms with Gasteiger partial charge in [-0.05, 0) is 99.3 Å². The summed E-state index contributed by atoms with van der Waals surface area (Å²) in [5.74, 6) is 0.668. The van der Waals surface area contributed by atoms with Gasteiger partial charge >= 0.3 is 0 Å². The van der Waals surface area contributed by atoms with Gasteiger partial charge in [0, 0.05) is 33.9 Å². The number of nitrogens with zero attached hydrogens (tertiary/aromatic N) is 1. The van der Waals surface area contributed by atoms with E-state index in [1.54, 1.807) is 0 Å². The van der Waals surface area contributed by atoms with Crippen molar-refractivity contribution in [2.24, 2.45) is 33.5 Å². The minimum absolute atomic E-state index is 0.00694. The Hall–Kier alpha value is -2.53. The molecule has 0 radical (unpaired) electrons. The fourth-order valence-corrected chi connectivity index (χ4v) is 12.0. The van der Waals surface area contributed by atoms with Crippen molar-refractivity contribution >= 4 is 5.78 Å². The molecule has 3 saturated carbocycles. The number of allylic oxidation sites excluding steroid dienone is 4. The van der Waals surface area contributed by atoms with Gasteiger partial charge in [-0.3, -0.25) is 4.79 Å². The molecule has 4 fully saturated rings. The summed E-state index contributed by atoms with van der Waals surface area (Å²) in [6.07, 6.45) is 19.5. The fourth-order valence-electron chi connectivity index (χ4n) is 12.0. The fraction of sp³-hybridized carbons (Fsp3) is 0.595. The molecule has 2 aromatic carbocycles. The van der Waals surface area contributed by atoms with Gasteiger partial charge in [0.25, 0.3) is 0 Å². The van der Waals surface area contributed by atoms with Crippen LogP contribution in [0.4, 0.5) is 0 Å². The molecule has 4 nitrogen and oxygen atoms in total. The molecule has 1 heterocycles. The highest BCUT2D eigenvalue weighted by Gasteiger charge is 2.74. The minimum Gasteiger partial charge on any atom is -0.393 e. The van der Waals surface area contributed by atoms with E-state index in [0.29, 0.717) is 12.3 Å². The summed E-state index contributed by atoms with van der Waals surface area (Å²) in [5.41, 5.74) is 2.22. The molecule has 1 aliphatic heterocycles. The number of Topliss-reactive ketones (excluding diaryl/α,β-unsaturated/α-hetero) is 1. The molecule has 2 spiro atoms. The third-order valence-corrected chi connectivity index (χ3v) is 14.6.